The van der Waals surface area contributed by atoms with Crippen LogP contribution in [0.4, 0.5) is 17.3 Å². The van der Waals surface area contributed by atoms with Gasteiger partial charge in [-0.3, -0.25) is 10.1 Å². The Morgan fingerprint density at radius 1 is 1.50 bits per heavy atom. The summed E-state index contributed by atoms with van der Waals surface area (Å²) >= 11 is 0. The Hall–Kier alpha value is -1.89. The third kappa shape index (κ3) is 2.40. The number of nitrogens with zero attached hydrogens (tertiary/aromatic N) is 2. The summed E-state index contributed by atoms with van der Waals surface area (Å²) in [5.74, 6) is 0.972. The van der Waals surface area contributed by atoms with Crippen LogP contribution in [0.15, 0.2) is 12.1 Å². The highest BCUT2D eigenvalue weighted by Crippen LogP contribution is 2.37. The van der Waals surface area contributed by atoms with Gasteiger partial charge in [0.05, 0.1) is 23.2 Å². The monoisotopic (exact) mass is 278 g/mol. The number of nitrogens with one attached hydrogen (secondary N) is 2. The quantitative estimate of drug-likeness (QED) is 0.633. The van der Waals surface area contributed by atoms with Gasteiger partial charge in [0, 0.05) is 12.6 Å². The van der Waals surface area contributed by atoms with Crippen molar-refractivity contribution in [2.75, 3.05) is 17.2 Å². The molecule has 7 heteroatoms. The van der Waals surface area contributed by atoms with E-state index in [1.807, 2.05) is 6.92 Å². The van der Waals surface area contributed by atoms with Crippen LogP contribution in [0.2, 0.25) is 0 Å². The molecule has 2 N–H and O–H groups in total. The molecule has 0 saturated carbocycles. The molecule has 0 radical (unpaired) electrons. The Labute approximate surface area is 116 Å². The first kappa shape index (κ1) is 13.1. The number of aromatic nitrogens is 1. The van der Waals surface area contributed by atoms with E-state index in [1.165, 1.54) is 6.07 Å². The van der Waals surface area contributed by atoms with Gasteiger partial charge in [-0.1, -0.05) is 0 Å². The van der Waals surface area contributed by atoms with Crippen LogP contribution in [-0.2, 0) is 4.74 Å². The van der Waals surface area contributed by atoms with Crippen LogP contribution in [0.25, 0.3) is 0 Å². The Kier molecular flexibility index (Phi) is 3.43. The molecule has 2 aliphatic rings. The molecule has 3 rings (SSSR count). The number of hydrogen-bond donors (Lipinski definition) is 2. The molecule has 2 fully saturated rings. The third-order valence-electron chi connectivity index (χ3n) is 3.86. The molecular weight excluding hydrogens is 260 g/mol. The lowest BCUT2D eigenvalue weighted by atomic mass is 9.95. The molecule has 2 bridgehead atoms. The van der Waals surface area contributed by atoms with Gasteiger partial charge >= 0.3 is 5.69 Å². The maximum absolute atomic E-state index is 11.1. The SMILES string of the molecule is CCNc1ccc([N+](=O)[O-])c(NC2CC3CCC2O3)n1. The van der Waals surface area contributed by atoms with E-state index < -0.39 is 4.92 Å². The van der Waals surface area contributed by atoms with Crippen molar-refractivity contribution in [2.24, 2.45) is 0 Å². The highest BCUT2D eigenvalue weighted by molar-refractivity contribution is 5.60. The van der Waals surface area contributed by atoms with E-state index in [1.54, 1.807) is 6.07 Å². The van der Waals surface area contributed by atoms with Crippen molar-refractivity contribution < 1.29 is 9.66 Å². The number of rotatable bonds is 5. The number of hydrogen-bond acceptors (Lipinski definition) is 6. The molecule has 0 aromatic carbocycles. The Morgan fingerprint density at radius 2 is 2.35 bits per heavy atom. The Balaban J connectivity index is 1.82. The lowest BCUT2D eigenvalue weighted by Gasteiger charge is -2.20. The van der Waals surface area contributed by atoms with Crippen molar-refractivity contribution in [1.29, 1.82) is 0 Å². The fraction of sp³-hybridized carbons (Fsp3) is 0.615. The molecule has 0 amide bonds. The van der Waals surface area contributed by atoms with Gasteiger partial charge in [0.25, 0.3) is 0 Å². The summed E-state index contributed by atoms with van der Waals surface area (Å²) in [7, 11) is 0. The summed E-state index contributed by atoms with van der Waals surface area (Å²) in [5.41, 5.74) is 0.00873. The van der Waals surface area contributed by atoms with Crippen molar-refractivity contribution in [3.05, 3.63) is 22.2 Å². The lowest BCUT2D eigenvalue weighted by molar-refractivity contribution is -0.384. The lowest BCUT2D eigenvalue weighted by Crippen LogP contribution is -2.31. The minimum Gasteiger partial charge on any atom is -0.373 e. The average Bonchev–Trinajstić information content (AvgIpc) is 3.01. The zero-order valence-electron chi connectivity index (χ0n) is 11.3. The van der Waals surface area contributed by atoms with E-state index >= 15 is 0 Å². The van der Waals surface area contributed by atoms with Crippen LogP contribution < -0.4 is 10.6 Å². The summed E-state index contributed by atoms with van der Waals surface area (Å²) in [6, 6.07) is 3.24. The van der Waals surface area contributed by atoms with Crippen molar-refractivity contribution in [3.8, 4) is 0 Å². The van der Waals surface area contributed by atoms with Gasteiger partial charge in [-0.25, -0.2) is 4.98 Å². The standard InChI is InChI=1S/C13H18N4O3/c1-2-14-12-6-4-10(17(18)19)13(16-12)15-9-7-8-3-5-11(9)20-8/h4,6,8-9,11H,2-3,5,7H2,1H3,(H2,14,15,16). The molecule has 7 nitrogen and oxygen atoms in total. The van der Waals surface area contributed by atoms with Crippen molar-refractivity contribution >= 4 is 17.3 Å². The zero-order valence-corrected chi connectivity index (χ0v) is 11.3. The molecule has 108 valence electrons. The third-order valence-corrected chi connectivity index (χ3v) is 3.86. The van der Waals surface area contributed by atoms with E-state index in [0.717, 1.165) is 25.8 Å². The minimum atomic E-state index is -0.404. The van der Waals surface area contributed by atoms with Crippen molar-refractivity contribution in [3.63, 3.8) is 0 Å². The summed E-state index contributed by atoms with van der Waals surface area (Å²) in [6.07, 6.45) is 3.46. The van der Waals surface area contributed by atoms with Crippen molar-refractivity contribution in [1.82, 2.24) is 4.98 Å². The van der Waals surface area contributed by atoms with Gasteiger partial charge in [-0.2, -0.15) is 0 Å². The maximum atomic E-state index is 11.1. The molecule has 0 aliphatic carbocycles. The summed E-state index contributed by atoms with van der Waals surface area (Å²) < 4.78 is 5.76. The van der Waals surface area contributed by atoms with Gasteiger partial charge in [0.2, 0.25) is 5.82 Å². The van der Waals surface area contributed by atoms with E-state index in [0.29, 0.717) is 17.7 Å². The first-order valence-electron chi connectivity index (χ1n) is 6.98. The summed E-state index contributed by atoms with van der Waals surface area (Å²) in [6.45, 7) is 2.68. The Bertz CT molecular complexity index is 522. The smallest absolute Gasteiger partial charge is 0.311 e. The normalized spacial score (nSPS) is 27.6. The first-order chi connectivity index (χ1) is 9.67. The second-order valence-corrected chi connectivity index (χ2v) is 5.21. The Morgan fingerprint density at radius 3 is 2.95 bits per heavy atom. The largest absolute Gasteiger partial charge is 0.373 e. The first-order valence-corrected chi connectivity index (χ1v) is 6.98. The van der Waals surface area contributed by atoms with Gasteiger partial charge < -0.3 is 15.4 Å². The summed E-state index contributed by atoms with van der Waals surface area (Å²) in [5, 5.41) is 17.4. The van der Waals surface area contributed by atoms with Gasteiger partial charge in [0.1, 0.15) is 5.82 Å². The number of pyridine rings is 1. The molecule has 1 aromatic heterocycles. The van der Waals surface area contributed by atoms with E-state index in [-0.39, 0.29) is 17.8 Å². The molecule has 2 saturated heterocycles. The fourth-order valence-electron chi connectivity index (χ4n) is 2.95. The average molecular weight is 278 g/mol. The molecule has 1 aromatic rings. The predicted octanol–water partition coefficient (Wildman–Crippen LogP) is 2.15. The zero-order chi connectivity index (χ0) is 14.1. The highest BCUT2D eigenvalue weighted by atomic mass is 16.6. The van der Waals surface area contributed by atoms with E-state index in [9.17, 15) is 10.1 Å². The minimum absolute atomic E-state index is 0.00873. The maximum Gasteiger partial charge on any atom is 0.311 e. The van der Waals surface area contributed by atoms with Crippen LogP contribution in [0, 0.1) is 10.1 Å². The second-order valence-electron chi connectivity index (χ2n) is 5.21. The number of nitro groups is 1. The molecule has 20 heavy (non-hydrogen) atoms. The summed E-state index contributed by atoms with van der Waals surface area (Å²) in [4.78, 5) is 15.0. The van der Waals surface area contributed by atoms with Gasteiger partial charge in [-0.15, -0.1) is 0 Å². The molecular formula is C13H18N4O3. The van der Waals surface area contributed by atoms with Crippen molar-refractivity contribution in [2.45, 2.75) is 44.4 Å². The predicted molar refractivity (Wildman–Crippen MR) is 75.0 cm³/mol. The van der Waals surface area contributed by atoms with Gasteiger partial charge in [-0.05, 0) is 32.3 Å². The van der Waals surface area contributed by atoms with Crippen LogP contribution >= 0.6 is 0 Å². The number of fused-ring (bicyclic) bond motifs is 2. The molecule has 3 atom stereocenters. The topological polar surface area (TPSA) is 89.3 Å². The van der Waals surface area contributed by atoms with Crippen LogP contribution in [0.5, 0.6) is 0 Å². The van der Waals surface area contributed by atoms with Crippen LogP contribution in [-0.4, -0.2) is 34.7 Å². The second kappa shape index (κ2) is 5.24. The number of ether oxygens (including phenoxy) is 1. The van der Waals surface area contributed by atoms with E-state index in [2.05, 4.69) is 15.6 Å². The number of anilines is 2. The molecule has 2 aliphatic heterocycles. The van der Waals surface area contributed by atoms with Crippen LogP contribution in [0.1, 0.15) is 26.2 Å². The molecule has 3 unspecified atom stereocenters. The molecule has 3 heterocycles. The fourth-order valence-corrected chi connectivity index (χ4v) is 2.95. The van der Waals surface area contributed by atoms with Crippen LogP contribution in [0.3, 0.4) is 0 Å². The molecule has 0 spiro atoms. The van der Waals surface area contributed by atoms with E-state index in [4.69, 9.17) is 4.74 Å². The highest BCUT2D eigenvalue weighted by Gasteiger charge is 2.41. The van der Waals surface area contributed by atoms with Gasteiger partial charge in [0.15, 0.2) is 0 Å².